The van der Waals surface area contributed by atoms with Crippen molar-refractivity contribution in [3.8, 4) is 0 Å². The zero-order chi connectivity index (χ0) is 48.6. The zero-order valence-corrected chi connectivity index (χ0v) is 42.9. The van der Waals surface area contributed by atoms with Crippen LogP contribution in [0, 0.1) is 0 Å². The fourth-order valence-corrected chi connectivity index (χ4v) is 6.60. The minimum Gasteiger partial charge on any atom is -0.462 e. The summed E-state index contributed by atoms with van der Waals surface area (Å²) in [5, 5.41) is 0. The second kappa shape index (κ2) is 54.2. The van der Waals surface area contributed by atoms with Crippen molar-refractivity contribution in [2.45, 2.75) is 219 Å². The highest BCUT2D eigenvalue weighted by atomic mass is 16.6. The van der Waals surface area contributed by atoms with Crippen LogP contribution in [0.4, 0.5) is 0 Å². The molecule has 0 fully saturated rings. The molecule has 0 aromatic carbocycles. The lowest BCUT2D eigenvalue weighted by atomic mass is 10.1. The van der Waals surface area contributed by atoms with Gasteiger partial charge in [0.1, 0.15) is 13.2 Å². The summed E-state index contributed by atoms with van der Waals surface area (Å²) in [4.78, 5) is 38.0. The number of allylic oxidation sites excluding steroid dienone is 22. The Kier molecular flexibility index (Phi) is 50.6. The highest BCUT2D eigenvalue weighted by Gasteiger charge is 2.19. The van der Waals surface area contributed by atoms with Crippen LogP contribution in [0.3, 0.4) is 0 Å². The number of carbonyl (C=O) groups is 3. The van der Waals surface area contributed by atoms with E-state index in [4.69, 9.17) is 14.2 Å². The first-order chi connectivity index (χ1) is 33.0. The van der Waals surface area contributed by atoms with Gasteiger partial charge in [-0.25, -0.2) is 0 Å². The number of hydrogen-bond donors (Lipinski definition) is 0. The molecule has 0 aliphatic heterocycles. The van der Waals surface area contributed by atoms with Crippen molar-refractivity contribution in [3.63, 3.8) is 0 Å². The Morgan fingerprint density at radius 3 is 0.910 bits per heavy atom. The Morgan fingerprint density at radius 1 is 0.313 bits per heavy atom. The first-order valence-electron chi connectivity index (χ1n) is 26.7. The van der Waals surface area contributed by atoms with Gasteiger partial charge in [0.05, 0.1) is 0 Å². The summed E-state index contributed by atoms with van der Waals surface area (Å²) in [6.45, 7) is 6.35. The Labute approximate surface area is 411 Å². The fraction of sp³-hybridized carbons (Fsp3) is 0.590. The molecule has 0 aliphatic rings. The standard InChI is InChI=1S/C61H96O6/c1-4-7-10-13-16-19-22-25-28-29-30-31-34-36-39-42-45-48-51-54-60(63)66-57-58(67-61(64)55-52-49-46-43-40-37-33-27-24-21-18-15-12-9-6-3)56-65-59(62)53-50-47-44-41-38-35-32-26-23-20-17-14-11-8-5-2/h7,10,16-21,25-28,30-33,36,38-41,43,58H,4-6,8-9,11-15,22-24,29,34-35,37,42,44-57H2,1-3H3/b10-7-,19-16-,20-17-,21-18-,28-25-,31-30-,32-26-,33-27-,39-36-,41-38-,43-40-/t58-/m0/s1. The Morgan fingerprint density at radius 2 is 0.582 bits per heavy atom. The molecule has 0 amide bonds. The van der Waals surface area contributed by atoms with Gasteiger partial charge in [0.2, 0.25) is 0 Å². The molecule has 67 heavy (non-hydrogen) atoms. The quantitative estimate of drug-likeness (QED) is 0.0262. The van der Waals surface area contributed by atoms with Crippen LogP contribution in [-0.2, 0) is 28.6 Å². The van der Waals surface area contributed by atoms with Crippen molar-refractivity contribution in [1.82, 2.24) is 0 Å². The van der Waals surface area contributed by atoms with E-state index in [1.807, 2.05) is 0 Å². The summed E-state index contributed by atoms with van der Waals surface area (Å²) >= 11 is 0. The van der Waals surface area contributed by atoms with Crippen LogP contribution in [0.15, 0.2) is 134 Å². The van der Waals surface area contributed by atoms with Crippen LogP contribution in [0.2, 0.25) is 0 Å². The van der Waals surface area contributed by atoms with Gasteiger partial charge in [0, 0.05) is 19.3 Å². The van der Waals surface area contributed by atoms with E-state index < -0.39 is 6.10 Å². The molecule has 0 saturated carbocycles. The van der Waals surface area contributed by atoms with Gasteiger partial charge in [-0.1, -0.05) is 187 Å². The van der Waals surface area contributed by atoms with Crippen LogP contribution < -0.4 is 0 Å². The number of carbonyl (C=O) groups excluding carboxylic acids is 3. The number of esters is 3. The molecule has 0 spiro atoms. The molecule has 0 aliphatic carbocycles. The molecule has 0 heterocycles. The van der Waals surface area contributed by atoms with Crippen LogP contribution in [-0.4, -0.2) is 37.2 Å². The van der Waals surface area contributed by atoms with E-state index in [-0.39, 0.29) is 44.0 Å². The van der Waals surface area contributed by atoms with Gasteiger partial charge in [0.15, 0.2) is 6.10 Å². The lowest BCUT2D eigenvalue weighted by molar-refractivity contribution is -0.167. The first-order valence-corrected chi connectivity index (χ1v) is 26.7. The molecule has 6 heteroatoms. The van der Waals surface area contributed by atoms with Gasteiger partial charge in [-0.15, -0.1) is 0 Å². The van der Waals surface area contributed by atoms with Gasteiger partial charge >= 0.3 is 17.9 Å². The van der Waals surface area contributed by atoms with Crippen LogP contribution >= 0.6 is 0 Å². The van der Waals surface area contributed by atoms with Gasteiger partial charge < -0.3 is 14.2 Å². The summed E-state index contributed by atoms with van der Waals surface area (Å²) in [6, 6.07) is 0. The summed E-state index contributed by atoms with van der Waals surface area (Å²) < 4.78 is 16.7. The number of hydrogen-bond acceptors (Lipinski definition) is 6. The van der Waals surface area contributed by atoms with Crippen LogP contribution in [0.1, 0.15) is 213 Å². The average Bonchev–Trinajstić information content (AvgIpc) is 3.33. The average molecular weight is 925 g/mol. The molecule has 0 bridgehead atoms. The summed E-state index contributed by atoms with van der Waals surface area (Å²) in [7, 11) is 0. The minimum atomic E-state index is -0.832. The molecule has 0 aromatic rings. The highest BCUT2D eigenvalue weighted by molar-refractivity contribution is 5.71. The second-order valence-corrected chi connectivity index (χ2v) is 17.0. The molecule has 0 aromatic heterocycles. The van der Waals surface area contributed by atoms with E-state index in [0.29, 0.717) is 19.3 Å². The fourth-order valence-electron chi connectivity index (χ4n) is 6.60. The molecule has 6 nitrogen and oxygen atoms in total. The Hall–Kier alpha value is -4.45. The highest BCUT2D eigenvalue weighted by Crippen LogP contribution is 2.11. The Balaban J connectivity index is 4.59. The molecule has 0 unspecified atom stereocenters. The first kappa shape index (κ1) is 62.5. The summed E-state index contributed by atoms with van der Waals surface area (Å²) in [5.41, 5.74) is 0. The summed E-state index contributed by atoms with van der Waals surface area (Å²) in [6.07, 6.45) is 75.8. The van der Waals surface area contributed by atoms with Gasteiger partial charge in [-0.05, 0) is 141 Å². The topological polar surface area (TPSA) is 78.9 Å². The maximum absolute atomic E-state index is 12.8. The van der Waals surface area contributed by atoms with Gasteiger partial charge in [0.25, 0.3) is 0 Å². The van der Waals surface area contributed by atoms with E-state index >= 15 is 0 Å². The number of unbranched alkanes of at least 4 members (excludes halogenated alkanes) is 13. The van der Waals surface area contributed by atoms with E-state index in [9.17, 15) is 14.4 Å². The van der Waals surface area contributed by atoms with Crippen molar-refractivity contribution in [2.75, 3.05) is 13.2 Å². The molecule has 0 radical (unpaired) electrons. The van der Waals surface area contributed by atoms with E-state index in [2.05, 4.69) is 154 Å². The molecular weight excluding hydrogens is 829 g/mol. The maximum Gasteiger partial charge on any atom is 0.306 e. The normalized spacial score (nSPS) is 13.2. The number of ether oxygens (including phenoxy) is 3. The van der Waals surface area contributed by atoms with Crippen LogP contribution in [0.25, 0.3) is 0 Å². The van der Waals surface area contributed by atoms with E-state index in [0.717, 1.165) is 109 Å². The summed E-state index contributed by atoms with van der Waals surface area (Å²) in [5.74, 6) is -1.04. The Bertz CT molecular complexity index is 1480. The lowest BCUT2D eigenvalue weighted by Gasteiger charge is -2.18. The van der Waals surface area contributed by atoms with E-state index in [1.54, 1.807) is 0 Å². The molecule has 0 saturated heterocycles. The van der Waals surface area contributed by atoms with Crippen molar-refractivity contribution >= 4 is 17.9 Å². The molecule has 376 valence electrons. The van der Waals surface area contributed by atoms with Gasteiger partial charge in [-0.2, -0.15) is 0 Å². The molecular formula is C61H96O6. The van der Waals surface area contributed by atoms with Gasteiger partial charge in [-0.3, -0.25) is 14.4 Å². The molecule has 0 rings (SSSR count). The minimum absolute atomic E-state index is 0.128. The predicted molar refractivity (Wildman–Crippen MR) is 288 cm³/mol. The third kappa shape index (κ3) is 52.4. The molecule has 1 atom stereocenters. The lowest BCUT2D eigenvalue weighted by Crippen LogP contribution is -2.30. The van der Waals surface area contributed by atoms with E-state index in [1.165, 1.54) is 51.4 Å². The van der Waals surface area contributed by atoms with Crippen molar-refractivity contribution in [3.05, 3.63) is 134 Å². The van der Waals surface area contributed by atoms with Crippen molar-refractivity contribution in [2.24, 2.45) is 0 Å². The SMILES string of the molecule is CC/C=C\C/C=C\C/C=C\C/C=C\C/C=C\CCCCCC(=O)OC[C@H](COC(=O)CCCC/C=C\C/C=C\C/C=C\CCCCC)OC(=O)CCCC/C=C\C/C=C\C/C=C\CCCCC. The van der Waals surface area contributed by atoms with Crippen molar-refractivity contribution in [1.29, 1.82) is 0 Å². The van der Waals surface area contributed by atoms with Crippen LogP contribution in [0.5, 0.6) is 0 Å². The smallest absolute Gasteiger partial charge is 0.306 e. The molecule has 0 N–H and O–H groups in total. The third-order valence-electron chi connectivity index (χ3n) is 10.6. The number of rotatable bonds is 46. The maximum atomic E-state index is 12.8. The zero-order valence-electron chi connectivity index (χ0n) is 42.9. The second-order valence-electron chi connectivity index (χ2n) is 17.0. The third-order valence-corrected chi connectivity index (χ3v) is 10.6. The largest absolute Gasteiger partial charge is 0.462 e. The predicted octanol–water partition coefficient (Wildman–Crippen LogP) is 17.9. The monoisotopic (exact) mass is 925 g/mol. The van der Waals surface area contributed by atoms with Crippen molar-refractivity contribution < 1.29 is 28.6 Å².